The SMILES string of the molecule is CCOC(=O)C1=C(C)N=c2s/c(=C\c3ccccc3OCc3cccc4ccccc34)c(=O)n2[C@@H]1c1ccc(OCC)cc1. The second kappa shape index (κ2) is 12.7. The lowest BCUT2D eigenvalue weighted by Gasteiger charge is -2.24. The van der Waals surface area contributed by atoms with Crippen molar-refractivity contribution in [2.75, 3.05) is 13.2 Å². The zero-order valence-electron chi connectivity index (χ0n) is 24.8. The Morgan fingerprint density at radius 2 is 1.66 bits per heavy atom. The number of thiazole rings is 1. The first kappa shape index (κ1) is 29.1. The first-order valence-electron chi connectivity index (χ1n) is 14.6. The van der Waals surface area contributed by atoms with Crippen LogP contribution in [0.25, 0.3) is 16.8 Å². The van der Waals surface area contributed by atoms with Crippen LogP contribution in [0.4, 0.5) is 0 Å². The summed E-state index contributed by atoms with van der Waals surface area (Å²) in [6.07, 6.45) is 1.83. The lowest BCUT2D eigenvalue weighted by molar-refractivity contribution is -0.139. The number of esters is 1. The van der Waals surface area contributed by atoms with Gasteiger partial charge in [0, 0.05) is 5.56 Å². The summed E-state index contributed by atoms with van der Waals surface area (Å²) in [5.41, 5.74) is 3.23. The molecular formula is C36H32N2O5S. The molecule has 8 heteroatoms. The number of carbonyl (C=O) groups excluding carboxylic acids is 1. The molecular weight excluding hydrogens is 572 g/mol. The highest BCUT2D eigenvalue weighted by Crippen LogP contribution is 2.32. The van der Waals surface area contributed by atoms with E-state index >= 15 is 0 Å². The van der Waals surface area contributed by atoms with E-state index in [2.05, 4.69) is 29.3 Å². The van der Waals surface area contributed by atoms with Crippen molar-refractivity contribution in [3.05, 3.63) is 139 Å². The number of nitrogens with zero attached hydrogens (tertiary/aromatic N) is 2. The van der Waals surface area contributed by atoms with Crippen LogP contribution >= 0.6 is 11.3 Å². The first-order chi connectivity index (χ1) is 21.5. The molecule has 1 aliphatic heterocycles. The number of benzene rings is 4. The molecule has 1 atom stereocenters. The van der Waals surface area contributed by atoms with Crippen molar-refractivity contribution in [3.63, 3.8) is 0 Å². The van der Waals surface area contributed by atoms with Crippen molar-refractivity contribution in [3.8, 4) is 11.5 Å². The molecule has 0 radical (unpaired) electrons. The van der Waals surface area contributed by atoms with Gasteiger partial charge in [-0.2, -0.15) is 0 Å². The summed E-state index contributed by atoms with van der Waals surface area (Å²) < 4.78 is 19.4. The number of rotatable bonds is 9. The third kappa shape index (κ3) is 5.68. The fourth-order valence-electron chi connectivity index (χ4n) is 5.47. The van der Waals surface area contributed by atoms with Crippen molar-refractivity contribution < 1.29 is 19.0 Å². The van der Waals surface area contributed by atoms with Gasteiger partial charge in [0.1, 0.15) is 18.1 Å². The maximum atomic E-state index is 14.1. The van der Waals surface area contributed by atoms with E-state index in [-0.39, 0.29) is 12.2 Å². The van der Waals surface area contributed by atoms with Crippen LogP contribution in [-0.4, -0.2) is 23.8 Å². The lowest BCUT2D eigenvalue weighted by atomic mass is 9.96. The van der Waals surface area contributed by atoms with Gasteiger partial charge < -0.3 is 14.2 Å². The number of ether oxygens (including phenoxy) is 3. The van der Waals surface area contributed by atoms with E-state index in [1.165, 1.54) is 11.3 Å². The second-order valence-electron chi connectivity index (χ2n) is 10.3. The van der Waals surface area contributed by atoms with Gasteiger partial charge in [-0.25, -0.2) is 9.79 Å². The van der Waals surface area contributed by atoms with Crippen LogP contribution in [0, 0.1) is 0 Å². The van der Waals surface area contributed by atoms with Gasteiger partial charge in [-0.1, -0.05) is 84.1 Å². The summed E-state index contributed by atoms with van der Waals surface area (Å²) in [5, 5.41) is 2.30. The summed E-state index contributed by atoms with van der Waals surface area (Å²) in [6.45, 7) is 6.59. The molecule has 0 bridgehead atoms. The van der Waals surface area contributed by atoms with Crippen molar-refractivity contribution in [1.29, 1.82) is 0 Å². The first-order valence-corrected chi connectivity index (χ1v) is 15.4. The van der Waals surface area contributed by atoms with E-state index in [1.54, 1.807) is 18.4 Å². The number of carbonyl (C=O) groups is 1. The van der Waals surface area contributed by atoms with Gasteiger partial charge in [0.05, 0.1) is 35.1 Å². The second-order valence-corrected chi connectivity index (χ2v) is 11.3. The number of hydrogen-bond acceptors (Lipinski definition) is 7. The highest BCUT2D eigenvalue weighted by molar-refractivity contribution is 7.07. The Hall–Kier alpha value is -4.95. The van der Waals surface area contributed by atoms with E-state index in [9.17, 15) is 9.59 Å². The minimum absolute atomic E-state index is 0.214. The van der Waals surface area contributed by atoms with Gasteiger partial charge in [-0.15, -0.1) is 0 Å². The summed E-state index contributed by atoms with van der Waals surface area (Å²) in [7, 11) is 0. The molecule has 0 aliphatic carbocycles. The zero-order chi connectivity index (χ0) is 30.6. The van der Waals surface area contributed by atoms with Crippen LogP contribution in [0.1, 0.15) is 43.5 Å². The van der Waals surface area contributed by atoms with Crippen LogP contribution in [0.3, 0.4) is 0 Å². The topological polar surface area (TPSA) is 79.1 Å². The predicted molar refractivity (Wildman–Crippen MR) is 173 cm³/mol. The number of hydrogen-bond donors (Lipinski definition) is 0. The molecule has 4 aromatic carbocycles. The molecule has 5 aromatic rings. The van der Waals surface area contributed by atoms with Crippen molar-refractivity contribution in [2.24, 2.45) is 4.99 Å². The molecule has 0 unspecified atom stereocenters. The number of para-hydroxylation sites is 1. The molecule has 1 aromatic heterocycles. The third-order valence-corrected chi connectivity index (χ3v) is 8.48. The molecule has 44 heavy (non-hydrogen) atoms. The average molecular weight is 605 g/mol. The highest BCUT2D eigenvalue weighted by atomic mass is 32.1. The molecule has 6 rings (SSSR count). The Kier molecular flexibility index (Phi) is 8.43. The average Bonchev–Trinajstić information content (AvgIpc) is 3.34. The largest absolute Gasteiger partial charge is 0.494 e. The zero-order valence-corrected chi connectivity index (χ0v) is 25.6. The van der Waals surface area contributed by atoms with Crippen molar-refractivity contribution >= 4 is 34.2 Å². The minimum atomic E-state index is -0.694. The third-order valence-electron chi connectivity index (χ3n) is 7.49. The maximum absolute atomic E-state index is 14.1. The molecule has 2 heterocycles. The molecule has 7 nitrogen and oxygen atoms in total. The lowest BCUT2D eigenvalue weighted by Crippen LogP contribution is -2.39. The number of allylic oxidation sites excluding steroid dienone is 1. The Labute approximate surface area is 259 Å². The van der Waals surface area contributed by atoms with Crippen molar-refractivity contribution in [2.45, 2.75) is 33.4 Å². The quantitative estimate of drug-likeness (QED) is 0.195. The van der Waals surface area contributed by atoms with E-state index in [1.807, 2.05) is 79.7 Å². The minimum Gasteiger partial charge on any atom is -0.494 e. The van der Waals surface area contributed by atoms with E-state index in [0.717, 1.165) is 27.5 Å². The van der Waals surface area contributed by atoms with Gasteiger partial charge in [-0.3, -0.25) is 9.36 Å². The summed E-state index contributed by atoms with van der Waals surface area (Å²) in [6, 6.07) is 28.8. The number of fused-ring (bicyclic) bond motifs is 2. The normalized spacial score (nSPS) is 14.7. The Morgan fingerprint density at radius 3 is 2.45 bits per heavy atom. The molecule has 222 valence electrons. The summed E-state index contributed by atoms with van der Waals surface area (Å²) in [4.78, 5) is 32.5. The molecule has 0 saturated heterocycles. The van der Waals surface area contributed by atoms with Crippen molar-refractivity contribution in [1.82, 2.24) is 4.57 Å². The van der Waals surface area contributed by atoms with Gasteiger partial charge in [-0.05, 0) is 66.9 Å². The monoisotopic (exact) mass is 604 g/mol. The molecule has 0 spiro atoms. The van der Waals surface area contributed by atoms with Gasteiger partial charge in [0.25, 0.3) is 5.56 Å². The Morgan fingerprint density at radius 1 is 0.909 bits per heavy atom. The van der Waals surface area contributed by atoms with Crippen LogP contribution in [0.15, 0.2) is 112 Å². The fraction of sp³-hybridized carbons (Fsp3) is 0.194. The summed E-state index contributed by atoms with van der Waals surface area (Å²) in [5.74, 6) is 0.883. The molecule has 0 amide bonds. The highest BCUT2D eigenvalue weighted by Gasteiger charge is 2.33. The Balaban J connectivity index is 1.41. The maximum Gasteiger partial charge on any atom is 0.338 e. The van der Waals surface area contributed by atoms with Crippen LogP contribution < -0.4 is 24.4 Å². The molecule has 1 aliphatic rings. The van der Waals surface area contributed by atoms with E-state index in [0.29, 0.717) is 45.3 Å². The van der Waals surface area contributed by atoms with Crippen LogP contribution in [0.5, 0.6) is 11.5 Å². The van der Waals surface area contributed by atoms with Gasteiger partial charge in [0.15, 0.2) is 4.80 Å². The van der Waals surface area contributed by atoms with Gasteiger partial charge >= 0.3 is 5.97 Å². The standard InChI is InChI=1S/C36H32N2O5S/c1-4-41-28-19-17-25(18-20-28)33-32(35(40)42-5-2)23(3)37-36-38(33)34(39)31(44-36)21-26-12-7-9-16-30(26)43-22-27-14-10-13-24-11-6-8-15-29(24)27/h6-21,33H,4-5,22H2,1-3H3/b31-21-/t33-/m1/s1. The fourth-order valence-corrected chi connectivity index (χ4v) is 6.50. The van der Waals surface area contributed by atoms with Gasteiger partial charge in [0.2, 0.25) is 0 Å². The Bertz CT molecular complexity index is 2050. The van der Waals surface area contributed by atoms with Crippen LogP contribution in [-0.2, 0) is 16.1 Å². The van der Waals surface area contributed by atoms with Crippen LogP contribution in [0.2, 0.25) is 0 Å². The molecule has 0 N–H and O–H groups in total. The smallest absolute Gasteiger partial charge is 0.338 e. The summed E-state index contributed by atoms with van der Waals surface area (Å²) >= 11 is 1.28. The van der Waals surface area contributed by atoms with E-state index < -0.39 is 12.0 Å². The molecule has 0 fully saturated rings. The van der Waals surface area contributed by atoms with E-state index in [4.69, 9.17) is 14.2 Å². The number of aromatic nitrogens is 1. The predicted octanol–water partition coefficient (Wildman–Crippen LogP) is 5.93. The molecule has 0 saturated carbocycles.